The van der Waals surface area contributed by atoms with Crippen LogP contribution in [-0.4, -0.2) is 11.9 Å². The van der Waals surface area contributed by atoms with E-state index in [1.807, 2.05) is 66.7 Å². The van der Waals surface area contributed by atoms with E-state index in [0.717, 1.165) is 29.0 Å². The summed E-state index contributed by atoms with van der Waals surface area (Å²) in [5, 5.41) is 2.92. The highest BCUT2D eigenvalue weighted by atomic mass is 16.5. The molecule has 5 rings (SSSR count). The number of unbranched alkanes of at least 4 members (excludes halogenated alkanes) is 9. The van der Waals surface area contributed by atoms with Crippen LogP contribution < -0.4 is 9.47 Å². The van der Waals surface area contributed by atoms with Crippen molar-refractivity contribution in [1.82, 2.24) is 0 Å². The first-order valence-electron chi connectivity index (χ1n) is 16.2. The van der Waals surface area contributed by atoms with E-state index in [0.29, 0.717) is 28.0 Å². The Bertz CT molecular complexity index is 1670. The Morgan fingerprint density at radius 2 is 0.909 bits per heavy atom. The summed E-state index contributed by atoms with van der Waals surface area (Å²) in [6, 6.07) is 31.8. The topological polar surface area (TPSA) is 52.6 Å². The fourth-order valence-electron chi connectivity index (χ4n) is 5.79. The van der Waals surface area contributed by atoms with Gasteiger partial charge in [-0.15, -0.1) is 0 Å². The lowest BCUT2D eigenvalue weighted by molar-refractivity contribution is 0.0726. The highest BCUT2D eigenvalue weighted by molar-refractivity contribution is 6.14. The Hall–Kier alpha value is -4.44. The summed E-state index contributed by atoms with van der Waals surface area (Å²) in [7, 11) is 0. The molecule has 0 radical (unpaired) electrons. The van der Waals surface area contributed by atoms with Gasteiger partial charge < -0.3 is 9.47 Å². The molecule has 0 bridgehead atoms. The zero-order chi connectivity index (χ0) is 30.6. The third-order valence-electron chi connectivity index (χ3n) is 8.22. The average molecular weight is 587 g/mol. The van der Waals surface area contributed by atoms with Gasteiger partial charge in [0.2, 0.25) is 0 Å². The molecule has 0 atom stereocenters. The van der Waals surface area contributed by atoms with Crippen LogP contribution in [0.3, 0.4) is 0 Å². The highest BCUT2D eigenvalue weighted by Gasteiger charge is 2.21. The lowest BCUT2D eigenvalue weighted by Gasteiger charge is -2.17. The van der Waals surface area contributed by atoms with Crippen molar-refractivity contribution in [2.45, 2.75) is 77.6 Å². The Balaban J connectivity index is 1.42. The summed E-state index contributed by atoms with van der Waals surface area (Å²) < 4.78 is 12.3. The van der Waals surface area contributed by atoms with Crippen molar-refractivity contribution in [2.24, 2.45) is 0 Å². The molecule has 0 aliphatic carbocycles. The van der Waals surface area contributed by atoms with E-state index in [2.05, 4.69) is 19.1 Å². The molecule has 0 aromatic heterocycles. The van der Waals surface area contributed by atoms with E-state index in [1.54, 1.807) is 24.3 Å². The zero-order valence-corrected chi connectivity index (χ0v) is 25.7. The van der Waals surface area contributed by atoms with Crippen LogP contribution in [0.4, 0.5) is 0 Å². The summed E-state index contributed by atoms with van der Waals surface area (Å²) >= 11 is 0. The molecule has 0 amide bonds. The van der Waals surface area contributed by atoms with Crippen LogP contribution in [0, 0.1) is 0 Å². The molecule has 226 valence electrons. The smallest absolute Gasteiger partial charge is 0.343 e. The second-order valence-corrected chi connectivity index (χ2v) is 11.5. The van der Waals surface area contributed by atoms with Crippen molar-refractivity contribution >= 4 is 33.5 Å². The monoisotopic (exact) mass is 586 g/mol. The molecule has 0 aliphatic rings. The van der Waals surface area contributed by atoms with Gasteiger partial charge in [-0.05, 0) is 48.7 Å². The van der Waals surface area contributed by atoms with E-state index in [4.69, 9.17) is 9.47 Å². The van der Waals surface area contributed by atoms with Crippen molar-refractivity contribution in [3.63, 3.8) is 0 Å². The summed E-state index contributed by atoms with van der Waals surface area (Å²) in [4.78, 5) is 26.5. The number of ether oxygens (including phenoxy) is 2. The lowest BCUT2D eigenvalue weighted by Crippen LogP contribution is -2.11. The lowest BCUT2D eigenvalue weighted by atomic mass is 9.96. The molecule has 5 aromatic carbocycles. The van der Waals surface area contributed by atoms with Crippen molar-refractivity contribution in [2.75, 3.05) is 0 Å². The molecule has 0 fully saturated rings. The molecule has 0 saturated heterocycles. The standard InChI is InChI=1S/C40H42O4/c1-2-3-4-5-6-7-8-9-10-13-20-30-27-28-35-36(29-30)38(44-40(42)32-23-16-12-17-24-32)34-26-19-18-25-33(34)37(35)43-39(41)31-21-14-11-15-22-31/h11-12,14-19,21-29H,2-10,13,20H2,1H3. The number of hydrogen-bond donors (Lipinski definition) is 0. The van der Waals surface area contributed by atoms with Crippen LogP contribution in [0.25, 0.3) is 21.5 Å². The molecular formula is C40H42O4. The zero-order valence-electron chi connectivity index (χ0n) is 25.7. The number of carbonyl (C=O) groups is 2. The summed E-state index contributed by atoms with van der Waals surface area (Å²) in [6.07, 6.45) is 13.8. The number of fused-ring (bicyclic) bond motifs is 2. The second kappa shape index (κ2) is 15.9. The Labute approximate surface area is 261 Å². The quantitative estimate of drug-likeness (QED) is 0.0530. The molecule has 0 heterocycles. The summed E-state index contributed by atoms with van der Waals surface area (Å²) in [6.45, 7) is 2.26. The van der Waals surface area contributed by atoms with Crippen LogP contribution in [0.2, 0.25) is 0 Å². The van der Waals surface area contributed by atoms with E-state index < -0.39 is 11.9 Å². The van der Waals surface area contributed by atoms with Crippen molar-refractivity contribution in [3.05, 3.63) is 120 Å². The predicted molar refractivity (Wildman–Crippen MR) is 180 cm³/mol. The van der Waals surface area contributed by atoms with Crippen LogP contribution in [0.5, 0.6) is 11.5 Å². The molecule has 4 heteroatoms. The maximum Gasteiger partial charge on any atom is 0.343 e. The first-order valence-corrected chi connectivity index (χ1v) is 16.2. The van der Waals surface area contributed by atoms with Crippen LogP contribution in [0.1, 0.15) is 97.4 Å². The minimum absolute atomic E-state index is 0.425. The first-order chi connectivity index (χ1) is 21.7. The molecule has 0 saturated carbocycles. The van der Waals surface area contributed by atoms with Gasteiger partial charge in [0.25, 0.3) is 0 Å². The minimum atomic E-state index is -0.430. The highest BCUT2D eigenvalue weighted by Crippen LogP contribution is 2.44. The predicted octanol–water partition coefficient (Wildman–Crippen LogP) is 10.9. The van der Waals surface area contributed by atoms with Gasteiger partial charge in [0, 0.05) is 21.5 Å². The molecule has 0 aliphatic heterocycles. The third-order valence-corrected chi connectivity index (χ3v) is 8.22. The van der Waals surface area contributed by atoms with E-state index in [-0.39, 0.29) is 0 Å². The second-order valence-electron chi connectivity index (χ2n) is 11.5. The molecular weight excluding hydrogens is 544 g/mol. The van der Waals surface area contributed by atoms with Gasteiger partial charge in [0.15, 0.2) is 0 Å². The van der Waals surface area contributed by atoms with Crippen LogP contribution >= 0.6 is 0 Å². The molecule has 0 unspecified atom stereocenters. The van der Waals surface area contributed by atoms with Crippen LogP contribution in [0.15, 0.2) is 103 Å². The number of carbonyl (C=O) groups excluding carboxylic acids is 2. The van der Waals surface area contributed by atoms with Gasteiger partial charge in [0.1, 0.15) is 11.5 Å². The fourth-order valence-corrected chi connectivity index (χ4v) is 5.79. The van der Waals surface area contributed by atoms with E-state index >= 15 is 0 Å². The molecule has 44 heavy (non-hydrogen) atoms. The van der Waals surface area contributed by atoms with Crippen molar-refractivity contribution in [3.8, 4) is 11.5 Å². The summed E-state index contributed by atoms with van der Waals surface area (Å²) in [5.41, 5.74) is 2.12. The third kappa shape index (κ3) is 7.93. The Morgan fingerprint density at radius 3 is 1.43 bits per heavy atom. The number of hydrogen-bond acceptors (Lipinski definition) is 4. The maximum atomic E-state index is 13.3. The SMILES string of the molecule is CCCCCCCCCCCCc1ccc2c(OC(=O)c3ccccc3)c3ccccc3c(OC(=O)c3ccccc3)c2c1. The number of rotatable bonds is 15. The van der Waals surface area contributed by atoms with E-state index in [1.165, 1.54) is 63.4 Å². The van der Waals surface area contributed by atoms with Crippen molar-refractivity contribution < 1.29 is 19.1 Å². The largest absolute Gasteiger partial charge is 0.422 e. The Kier molecular flexibility index (Phi) is 11.2. The number of aryl methyl sites for hydroxylation is 1. The van der Waals surface area contributed by atoms with Gasteiger partial charge in [0.05, 0.1) is 11.1 Å². The van der Waals surface area contributed by atoms with Gasteiger partial charge >= 0.3 is 11.9 Å². The van der Waals surface area contributed by atoms with Crippen molar-refractivity contribution in [1.29, 1.82) is 0 Å². The van der Waals surface area contributed by atoms with Crippen LogP contribution in [-0.2, 0) is 6.42 Å². The van der Waals surface area contributed by atoms with Gasteiger partial charge in [-0.1, -0.05) is 138 Å². The normalized spacial score (nSPS) is 11.1. The molecule has 5 aromatic rings. The van der Waals surface area contributed by atoms with Gasteiger partial charge in [-0.2, -0.15) is 0 Å². The number of esters is 2. The van der Waals surface area contributed by atoms with Gasteiger partial charge in [-0.3, -0.25) is 0 Å². The summed E-state index contributed by atoms with van der Waals surface area (Å²) in [5.74, 6) is 0.0926. The first kappa shape index (κ1) is 31.0. The minimum Gasteiger partial charge on any atom is -0.422 e. The van der Waals surface area contributed by atoms with E-state index in [9.17, 15) is 9.59 Å². The number of benzene rings is 5. The average Bonchev–Trinajstić information content (AvgIpc) is 3.07. The molecule has 4 nitrogen and oxygen atoms in total. The molecule has 0 N–H and O–H groups in total. The molecule has 0 spiro atoms. The van der Waals surface area contributed by atoms with Gasteiger partial charge in [-0.25, -0.2) is 9.59 Å². The maximum absolute atomic E-state index is 13.3. The fraction of sp³-hybridized carbons (Fsp3) is 0.300. The Morgan fingerprint density at radius 1 is 0.477 bits per heavy atom.